The number of carbonyl (C=O) groups excluding carboxylic acids is 1. The molecule has 128 valence electrons. The number of benzene rings is 1. The van der Waals surface area contributed by atoms with Crippen LogP contribution in [0.2, 0.25) is 0 Å². The van der Waals surface area contributed by atoms with E-state index in [4.69, 9.17) is 0 Å². The molecule has 1 atom stereocenters. The zero-order valence-corrected chi connectivity index (χ0v) is 14.0. The van der Waals surface area contributed by atoms with Crippen molar-refractivity contribution in [3.63, 3.8) is 0 Å². The number of nitrogens with one attached hydrogen (secondary N) is 2. The smallest absolute Gasteiger partial charge is 0.328 e. The topological polar surface area (TPSA) is 118 Å². The van der Waals surface area contributed by atoms with Crippen LogP contribution in [-0.4, -0.2) is 30.1 Å². The van der Waals surface area contributed by atoms with Crippen molar-refractivity contribution in [2.24, 2.45) is 0 Å². The lowest BCUT2D eigenvalue weighted by Crippen LogP contribution is -2.36. The van der Waals surface area contributed by atoms with Crippen LogP contribution in [0.1, 0.15) is 18.5 Å². The predicted octanol–water partition coefficient (Wildman–Crippen LogP) is -0.182. The minimum Gasteiger partial charge on any atom is -0.348 e. The monoisotopic (exact) mass is 351 g/mol. The van der Waals surface area contributed by atoms with Gasteiger partial charge in [-0.2, -0.15) is 0 Å². The molecule has 1 aromatic heterocycles. The lowest BCUT2D eigenvalue weighted by molar-refractivity contribution is -0.122. The molecule has 0 saturated carbocycles. The molecule has 9 heteroatoms. The van der Waals surface area contributed by atoms with Gasteiger partial charge in [-0.15, -0.1) is 0 Å². The molecule has 0 saturated heterocycles. The molecule has 0 fully saturated rings. The molecule has 2 aromatic rings. The maximum Gasteiger partial charge on any atom is 0.328 e. The maximum atomic E-state index is 12.0. The first-order valence-corrected chi connectivity index (χ1v) is 8.95. The molecule has 0 unspecified atom stereocenters. The van der Waals surface area contributed by atoms with Gasteiger partial charge in [-0.3, -0.25) is 19.1 Å². The van der Waals surface area contributed by atoms with Gasteiger partial charge >= 0.3 is 5.69 Å². The molecule has 0 spiro atoms. The predicted molar refractivity (Wildman–Crippen MR) is 87.4 cm³/mol. The number of H-pyrrole nitrogens is 1. The van der Waals surface area contributed by atoms with Crippen molar-refractivity contribution in [3.8, 4) is 0 Å². The standard InChI is InChI=1S/C15H17N3O5S/c1-10(11-3-5-12(6-4-11)24(2,22)23)16-14(20)9-18-8-7-13(19)17-15(18)21/h3-8,10H,9H2,1-2H3,(H,16,20)(H,17,19,21)/t10-/m0/s1. The van der Waals surface area contributed by atoms with Crippen LogP contribution in [0.3, 0.4) is 0 Å². The zero-order chi connectivity index (χ0) is 17.9. The van der Waals surface area contributed by atoms with Crippen molar-refractivity contribution in [1.29, 1.82) is 0 Å². The van der Waals surface area contributed by atoms with Crippen molar-refractivity contribution in [3.05, 3.63) is 62.9 Å². The van der Waals surface area contributed by atoms with Crippen molar-refractivity contribution in [2.45, 2.75) is 24.4 Å². The molecule has 1 aromatic carbocycles. The quantitative estimate of drug-likeness (QED) is 0.774. The third-order valence-corrected chi connectivity index (χ3v) is 4.53. The van der Waals surface area contributed by atoms with Gasteiger partial charge in [-0.25, -0.2) is 13.2 Å². The molecule has 2 rings (SSSR count). The van der Waals surface area contributed by atoms with E-state index in [0.29, 0.717) is 0 Å². The van der Waals surface area contributed by atoms with E-state index in [0.717, 1.165) is 22.5 Å². The summed E-state index contributed by atoms with van der Waals surface area (Å²) >= 11 is 0. The molecule has 0 radical (unpaired) electrons. The number of amides is 1. The van der Waals surface area contributed by atoms with Gasteiger partial charge in [0.05, 0.1) is 10.9 Å². The zero-order valence-electron chi connectivity index (χ0n) is 13.1. The molecule has 0 aliphatic rings. The SMILES string of the molecule is C[C@H](NC(=O)Cn1ccc(=O)[nH]c1=O)c1ccc(S(C)(=O)=O)cc1. The fourth-order valence-corrected chi connectivity index (χ4v) is 2.73. The van der Waals surface area contributed by atoms with Gasteiger partial charge in [-0.05, 0) is 24.6 Å². The summed E-state index contributed by atoms with van der Waals surface area (Å²) < 4.78 is 23.9. The van der Waals surface area contributed by atoms with Crippen LogP contribution < -0.4 is 16.6 Å². The maximum absolute atomic E-state index is 12.0. The molecule has 0 bridgehead atoms. The van der Waals surface area contributed by atoms with E-state index < -0.39 is 27.0 Å². The minimum absolute atomic E-state index is 0.199. The Bertz CT molecular complexity index is 958. The molecular weight excluding hydrogens is 334 g/mol. The van der Waals surface area contributed by atoms with Crippen LogP contribution >= 0.6 is 0 Å². The van der Waals surface area contributed by atoms with E-state index in [1.807, 2.05) is 0 Å². The highest BCUT2D eigenvalue weighted by atomic mass is 32.2. The van der Waals surface area contributed by atoms with E-state index in [1.54, 1.807) is 19.1 Å². The Morgan fingerprint density at radius 1 is 1.21 bits per heavy atom. The molecule has 1 heterocycles. The first-order valence-electron chi connectivity index (χ1n) is 7.06. The van der Waals surface area contributed by atoms with Crippen LogP contribution in [0.25, 0.3) is 0 Å². The van der Waals surface area contributed by atoms with Gasteiger partial charge in [0.2, 0.25) is 5.91 Å². The summed E-state index contributed by atoms with van der Waals surface area (Å²) in [6, 6.07) is 6.97. The summed E-state index contributed by atoms with van der Waals surface area (Å²) in [5.74, 6) is -0.413. The summed E-state index contributed by atoms with van der Waals surface area (Å²) in [6.45, 7) is 1.50. The number of nitrogens with zero attached hydrogens (tertiary/aromatic N) is 1. The fourth-order valence-electron chi connectivity index (χ4n) is 2.10. The van der Waals surface area contributed by atoms with Crippen LogP contribution in [0, 0.1) is 0 Å². The third-order valence-electron chi connectivity index (χ3n) is 3.40. The van der Waals surface area contributed by atoms with Crippen LogP contribution in [-0.2, 0) is 21.2 Å². The molecule has 0 aliphatic carbocycles. The Morgan fingerprint density at radius 2 is 1.83 bits per heavy atom. The Hall–Kier alpha value is -2.68. The van der Waals surface area contributed by atoms with Crippen LogP contribution in [0.5, 0.6) is 0 Å². The second-order valence-electron chi connectivity index (χ2n) is 5.37. The molecular formula is C15H17N3O5S. The van der Waals surface area contributed by atoms with Gasteiger partial charge in [0.1, 0.15) is 6.54 Å². The number of rotatable bonds is 5. The molecule has 24 heavy (non-hydrogen) atoms. The van der Waals surface area contributed by atoms with E-state index in [1.165, 1.54) is 18.3 Å². The van der Waals surface area contributed by atoms with Gasteiger partial charge < -0.3 is 5.32 Å². The highest BCUT2D eigenvalue weighted by Gasteiger charge is 2.12. The summed E-state index contributed by atoms with van der Waals surface area (Å²) in [6.07, 6.45) is 2.36. The fraction of sp³-hybridized carbons (Fsp3) is 0.267. The average molecular weight is 351 g/mol. The number of hydrogen-bond acceptors (Lipinski definition) is 5. The highest BCUT2D eigenvalue weighted by molar-refractivity contribution is 7.90. The normalized spacial score (nSPS) is 12.6. The minimum atomic E-state index is -3.27. The molecule has 0 aliphatic heterocycles. The Labute approximate surface area is 138 Å². The van der Waals surface area contributed by atoms with Crippen LogP contribution in [0.15, 0.2) is 51.0 Å². The van der Waals surface area contributed by atoms with E-state index in [2.05, 4.69) is 10.3 Å². The van der Waals surface area contributed by atoms with Crippen LogP contribution in [0.4, 0.5) is 0 Å². The van der Waals surface area contributed by atoms with E-state index >= 15 is 0 Å². The molecule has 2 N–H and O–H groups in total. The van der Waals surface area contributed by atoms with Crippen molar-refractivity contribution < 1.29 is 13.2 Å². The summed E-state index contributed by atoms with van der Waals surface area (Å²) in [5, 5.41) is 2.70. The number of aromatic nitrogens is 2. The van der Waals surface area contributed by atoms with Gasteiger partial charge in [-0.1, -0.05) is 12.1 Å². The first kappa shape index (κ1) is 17.7. The van der Waals surface area contributed by atoms with Crippen molar-refractivity contribution in [2.75, 3.05) is 6.26 Å². The number of hydrogen-bond donors (Lipinski definition) is 2. The van der Waals surface area contributed by atoms with E-state index in [9.17, 15) is 22.8 Å². The van der Waals surface area contributed by atoms with Crippen molar-refractivity contribution in [1.82, 2.24) is 14.9 Å². The summed E-state index contributed by atoms with van der Waals surface area (Å²) in [4.78, 5) is 36.8. The first-order chi connectivity index (χ1) is 11.2. The molecule has 1 amide bonds. The van der Waals surface area contributed by atoms with Gasteiger partial charge in [0.25, 0.3) is 5.56 Å². The largest absolute Gasteiger partial charge is 0.348 e. The summed E-state index contributed by atoms with van der Waals surface area (Å²) in [7, 11) is -3.27. The third kappa shape index (κ3) is 4.42. The number of sulfone groups is 1. The second-order valence-corrected chi connectivity index (χ2v) is 7.38. The lowest BCUT2D eigenvalue weighted by Gasteiger charge is -2.15. The van der Waals surface area contributed by atoms with Crippen molar-refractivity contribution >= 4 is 15.7 Å². The Balaban J connectivity index is 2.06. The van der Waals surface area contributed by atoms with Gasteiger partial charge in [0.15, 0.2) is 9.84 Å². The second kappa shape index (κ2) is 6.83. The highest BCUT2D eigenvalue weighted by Crippen LogP contribution is 2.16. The van der Waals surface area contributed by atoms with E-state index in [-0.39, 0.29) is 17.5 Å². The Morgan fingerprint density at radius 3 is 2.38 bits per heavy atom. The lowest BCUT2D eigenvalue weighted by atomic mass is 10.1. The molecule has 8 nitrogen and oxygen atoms in total. The number of aromatic amines is 1. The number of carbonyl (C=O) groups is 1. The summed E-state index contributed by atoms with van der Waals surface area (Å²) in [5.41, 5.74) is -0.469. The average Bonchev–Trinajstić information content (AvgIpc) is 2.49. The van der Waals surface area contributed by atoms with Gasteiger partial charge in [0, 0.05) is 18.5 Å². The Kier molecular flexibility index (Phi) is 5.03.